The molecule has 0 saturated carbocycles. The quantitative estimate of drug-likeness (QED) is 0.391. The van der Waals surface area contributed by atoms with Crippen LogP contribution in [0.1, 0.15) is 12.8 Å². The Bertz CT molecular complexity index is 867. The third-order valence-electron chi connectivity index (χ3n) is 3.88. The lowest BCUT2D eigenvalue weighted by molar-refractivity contribution is -0.384. The van der Waals surface area contributed by atoms with Crippen LogP contribution in [0.2, 0.25) is 0 Å². The third-order valence-corrected chi connectivity index (χ3v) is 3.88. The van der Waals surface area contributed by atoms with E-state index in [0.717, 1.165) is 5.69 Å². The van der Waals surface area contributed by atoms with Gasteiger partial charge in [-0.3, -0.25) is 19.7 Å². The fourth-order valence-corrected chi connectivity index (χ4v) is 2.57. The number of carbonyl (C=O) groups excluding carboxylic acids is 2. The minimum Gasteiger partial charge on any atom is -0.482 e. The van der Waals surface area contributed by atoms with Gasteiger partial charge in [0.15, 0.2) is 6.61 Å². The average molecular weight is 370 g/mol. The second kappa shape index (κ2) is 8.17. The molecule has 0 spiro atoms. The maximum Gasteiger partial charge on any atom is 0.269 e. The monoisotopic (exact) mass is 370 g/mol. The van der Waals surface area contributed by atoms with E-state index < -0.39 is 4.92 Å². The van der Waals surface area contributed by atoms with Gasteiger partial charge in [0.25, 0.3) is 11.6 Å². The zero-order valence-electron chi connectivity index (χ0n) is 14.4. The molecule has 0 aromatic heterocycles. The number of carbonyl (C=O) groups is 2. The van der Waals surface area contributed by atoms with Crippen molar-refractivity contribution in [3.8, 4) is 5.75 Å². The summed E-state index contributed by atoms with van der Waals surface area (Å²) in [6, 6.07) is 11.2. The number of hydrogen-bond donors (Lipinski definition) is 3. The molecule has 140 valence electrons. The number of amides is 2. The van der Waals surface area contributed by atoms with Crippen molar-refractivity contribution < 1.29 is 19.2 Å². The molecular weight excluding hydrogens is 352 g/mol. The van der Waals surface area contributed by atoms with Crippen molar-refractivity contribution in [2.45, 2.75) is 12.8 Å². The Balaban J connectivity index is 1.43. The lowest BCUT2D eigenvalue weighted by Gasteiger charge is -2.18. The van der Waals surface area contributed by atoms with Crippen LogP contribution in [0.15, 0.2) is 42.5 Å². The van der Waals surface area contributed by atoms with Crippen LogP contribution in [0.3, 0.4) is 0 Å². The Hall–Kier alpha value is -3.62. The van der Waals surface area contributed by atoms with Crippen LogP contribution in [0.25, 0.3) is 0 Å². The molecule has 3 rings (SSSR count). The minimum atomic E-state index is -0.452. The highest BCUT2D eigenvalue weighted by atomic mass is 16.6. The van der Waals surface area contributed by atoms with Gasteiger partial charge in [0.05, 0.1) is 10.6 Å². The molecule has 1 aliphatic heterocycles. The van der Waals surface area contributed by atoms with E-state index in [2.05, 4.69) is 16.0 Å². The number of nitro groups is 1. The summed E-state index contributed by atoms with van der Waals surface area (Å²) in [7, 11) is 0. The topological polar surface area (TPSA) is 123 Å². The zero-order valence-corrected chi connectivity index (χ0v) is 14.4. The molecular formula is C18H18N4O5. The lowest BCUT2D eigenvalue weighted by Crippen LogP contribution is -2.25. The molecule has 3 N–H and O–H groups in total. The predicted octanol–water partition coefficient (Wildman–Crippen LogP) is 2.76. The number of hydrogen-bond acceptors (Lipinski definition) is 6. The van der Waals surface area contributed by atoms with Crippen molar-refractivity contribution in [3.05, 3.63) is 52.6 Å². The van der Waals surface area contributed by atoms with E-state index in [9.17, 15) is 19.7 Å². The number of non-ortho nitro benzene ring substituents is 1. The molecule has 0 atom stereocenters. The van der Waals surface area contributed by atoms with Crippen molar-refractivity contribution in [1.29, 1.82) is 0 Å². The summed E-state index contributed by atoms with van der Waals surface area (Å²) < 4.78 is 5.27. The fourth-order valence-electron chi connectivity index (χ4n) is 2.57. The van der Waals surface area contributed by atoms with Crippen molar-refractivity contribution in [2.24, 2.45) is 0 Å². The van der Waals surface area contributed by atoms with Crippen LogP contribution < -0.4 is 20.7 Å². The lowest BCUT2D eigenvalue weighted by atomic mass is 10.2. The number of rotatable bonds is 7. The summed E-state index contributed by atoms with van der Waals surface area (Å²) in [6.07, 6.45) is 0.896. The van der Waals surface area contributed by atoms with Gasteiger partial charge in [0.1, 0.15) is 5.75 Å². The van der Waals surface area contributed by atoms with Gasteiger partial charge < -0.3 is 20.7 Å². The molecule has 0 unspecified atom stereocenters. The standard InChI is InChI=1S/C18H18N4O5/c23-17(2-1-9-19-12-3-6-14(7-4-12)22(25)26)20-13-5-8-16-15(10-13)21-18(24)11-27-16/h3-8,10,19H,1-2,9,11H2,(H,20,23)(H,21,24). The van der Waals surface area contributed by atoms with Gasteiger partial charge in [-0.25, -0.2) is 0 Å². The number of fused-ring (bicyclic) bond motifs is 1. The molecule has 1 aliphatic rings. The first-order chi connectivity index (χ1) is 13.0. The normalized spacial score (nSPS) is 12.4. The molecule has 9 heteroatoms. The highest BCUT2D eigenvalue weighted by Gasteiger charge is 2.16. The molecule has 0 fully saturated rings. The van der Waals surface area contributed by atoms with Crippen LogP contribution in [0.4, 0.5) is 22.7 Å². The third kappa shape index (κ3) is 4.94. The molecule has 27 heavy (non-hydrogen) atoms. The van der Waals surface area contributed by atoms with Gasteiger partial charge in [0, 0.05) is 36.5 Å². The molecule has 0 bridgehead atoms. The molecule has 0 saturated heterocycles. The first-order valence-corrected chi connectivity index (χ1v) is 8.36. The van der Waals surface area contributed by atoms with Gasteiger partial charge in [-0.05, 0) is 36.8 Å². The van der Waals surface area contributed by atoms with Crippen LogP contribution in [-0.4, -0.2) is 29.9 Å². The number of nitrogens with zero attached hydrogens (tertiary/aromatic N) is 1. The smallest absolute Gasteiger partial charge is 0.269 e. The maximum atomic E-state index is 12.0. The van der Waals surface area contributed by atoms with Crippen molar-refractivity contribution in [2.75, 3.05) is 29.1 Å². The van der Waals surface area contributed by atoms with E-state index in [1.54, 1.807) is 30.3 Å². The summed E-state index contributed by atoms with van der Waals surface area (Å²) >= 11 is 0. The number of nitrogens with one attached hydrogen (secondary N) is 3. The van der Waals surface area contributed by atoms with Crippen molar-refractivity contribution in [3.63, 3.8) is 0 Å². The van der Waals surface area contributed by atoms with Crippen LogP contribution in [0, 0.1) is 10.1 Å². The van der Waals surface area contributed by atoms with Crippen LogP contribution >= 0.6 is 0 Å². The second-order valence-electron chi connectivity index (χ2n) is 5.93. The van der Waals surface area contributed by atoms with Crippen molar-refractivity contribution >= 4 is 34.6 Å². The SMILES string of the molecule is O=C(CCCNc1ccc([N+](=O)[O-])cc1)Nc1ccc2c(c1)NC(=O)CO2. The Labute approximate surface area is 154 Å². The maximum absolute atomic E-state index is 12.0. The van der Waals surface area contributed by atoms with Gasteiger partial charge in [0.2, 0.25) is 5.91 Å². The van der Waals surface area contributed by atoms with E-state index in [1.165, 1.54) is 12.1 Å². The van der Waals surface area contributed by atoms with E-state index in [4.69, 9.17) is 4.74 Å². The van der Waals surface area contributed by atoms with E-state index >= 15 is 0 Å². The Morgan fingerprint density at radius 2 is 1.93 bits per heavy atom. The molecule has 1 heterocycles. The summed E-state index contributed by atoms with van der Waals surface area (Å²) in [5, 5.41) is 19.2. The highest BCUT2D eigenvalue weighted by molar-refractivity contribution is 5.97. The number of anilines is 3. The predicted molar refractivity (Wildman–Crippen MR) is 100 cm³/mol. The Kier molecular flexibility index (Phi) is 5.50. The van der Waals surface area contributed by atoms with E-state index in [-0.39, 0.29) is 24.1 Å². The summed E-state index contributed by atoms with van der Waals surface area (Å²) in [5.74, 6) is 0.187. The van der Waals surface area contributed by atoms with Gasteiger partial charge in [-0.2, -0.15) is 0 Å². The molecule has 2 aromatic rings. The molecule has 0 radical (unpaired) electrons. The van der Waals surface area contributed by atoms with E-state index in [1.807, 2.05) is 0 Å². The molecule has 9 nitrogen and oxygen atoms in total. The minimum absolute atomic E-state index is 0.0134. The van der Waals surface area contributed by atoms with Gasteiger partial charge in [-0.15, -0.1) is 0 Å². The fraction of sp³-hybridized carbons (Fsp3) is 0.222. The van der Waals surface area contributed by atoms with Crippen LogP contribution in [-0.2, 0) is 9.59 Å². The van der Waals surface area contributed by atoms with Crippen molar-refractivity contribution in [1.82, 2.24) is 0 Å². The van der Waals surface area contributed by atoms with Gasteiger partial charge in [-0.1, -0.05) is 0 Å². The van der Waals surface area contributed by atoms with E-state index in [0.29, 0.717) is 36.5 Å². The first-order valence-electron chi connectivity index (χ1n) is 8.36. The number of nitro benzene ring substituents is 1. The Morgan fingerprint density at radius 1 is 1.19 bits per heavy atom. The summed E-state index contributed by atoms with van der Waals surface area (Å²) in [4.78, 5) is 33.5. The largest absolute Gasteiger partial charge is 0.482 e. The average Bonchev–Trinajstić information content (AvgIpc) is 2.65. The summed E-state index contributed by atoms with van der Waals surface area (Å²) in [5.41, 5.74) is 1.90. The number of benzene rings is 2. The highest BCUT2D eigenvalue weighted by Crippen LogP contribution is 2.30. The summed E-state index contributed by atoms with van der Waals surface area (Å²) in [6.45, 7) is 0.541. The second-order valence-corrected chi connectivity index (χ2v) is 5.93. The molecule has 2 amide bonds. The Morgan fingerprint density at radius 3 is 2.67 bits per heavy atom. The van der Waals surface area contributed by atoms with Gasteiger partial charge >= 0.3 is 0 Å². The molecule has 2 aromatic carbocycles. The van der Waals surface area contributed by atoms with Crippen LogP contribution in [0.5, 0.6) is 5.75 Å². The molecule has 0 aliphatic carbocycles. The number of ether oxygens (including phenoxy) is 1. The first kappa shape index (κ1) is 18.2. The zero-order chi connectivity index (χ0) is 19.2.